The molecule has 4 heteroatoms. The number of hydrogen-bond donors (Lipinski definition) is 0. The summed E-state index contributed by atoms with van der Waals surface area (Å²) in [6.07, 6.45) is 8.13. The van der Waals surface area contributed by atoms with Crippen molar-refractivity contribution in [2.24, 2.45) is 0 Å². The summed E-state index contributed by atoms with van der Waals surface area (Å²) in [6, 6.07) is 0. The van der Waals surface area contributed by atoms with Gasteiger partial charge in [0.2, 0.25) is 5.91 Å². The highest BCUT2D eigenvalue weighted by atomic mass is 32.1. The van der Waals surface area contributed by atoms with Gasteiger partial charge in [0.1, 0.15) is 0 Å². The lowest BCUT2D eigenvalue weighted by molar-refractivity contribution is -0.133. The van der Waals surface area contributed by atoms with Gasteiger partial charge in [-0.1, -0.05) is 30.4 Å². The number of carbonyl (C=O) groups excluding carboxylic acids is 2. The fourth-order valence-electron chi connectivity index (χ4n) is 2.10. The van der Waals surface area contributed by atoms with E-state index in [9.17, 15) is 9.59 Å². The lowest BCUT2D eigenvalue weighted by Crippen LogP contribution is -2.30. The molecule has 0 bridgehead atoms. The SMILES string of the molecule is O=C(CC(=O)N1CCCC1)C1=CC=CCC1=S. The second kappa shape index (κ2) is 5.36. The topological polar surface area (TPSA) is 37.4 Å². The predicted molar refractivity (Wildman–Crippen MR) is 69.9 cm³/mol. The molecule has 0 atom stereocenters. The number of thiocarbonyl (C=S) groups is 1. The maximum Gasteiger partial charge on any atom is 0.230 e. The summed E-state index contributed by atoms with van der Waals surface area (Å²) in [4.78, 5) is 26.2. The first-order valence-corrected chi connectivity index (χ1v) is 6.30. The Hall–Kier alpha value is -1.29. The zero-order valence-electron chi connectivity index (χ0n) is 9.65. The molecule has 1 fully saturated rings. The molecule has 17 heavy (non-hydrogen) atoms. The molecule has 0 N–H and O–H groups in total. The number of hydrogen-bond acceptors (Lipinski definition) is 3. The average Bonchev–Trinajstić information content (AvgIpc) is 2.82. The van der Waals surface area contributed by atoms with Gasteiger partial charge in [-0.25, -0.2) is 0 Å². The Morgan fingerprint density at radius 3 is 2.65 bits per heavy atom. The first-order chi connectivity index (χ1) is 8.18. The maximum atomic E-state index is 11.9. The van der Waals surface area contributed by atoms with Crippen LogP contribution in [0.1, 0.15) is 25.7 Å². The smallest absolute Gasteiger partial charge is 0.230 e. The maximum absolute atomic E-state index is 11.9. The third kappa shape index (κ3) is 2.88. The van der Waals surface area contributed by atoms with Gasteiger partial charge in [-0.05, 0) is 12.8 Å². The summed E-state index contributed by atoms with van der Waals surface area (Å²) in [5.41, 5.74) is 0.537. The van der Waals surface area contributed by atoms with E-state index < -0.39 is 0 Å². The van der Waals surface area contributed by atoms with Crippen LogP contribution in [0.25, 0.3) is 0 Å². The van der Waals surface area contributed by atoms with Crippen molar-refractivity contribution in [1.82, 2.24) is 4.90 Å². The van der Waals surface area contributed by atoms with Gasteiger partial charge < -0.3 is 4.90 Å². The van der Waals surface area contributed by atoms with Gasteiger partial charge in [0, 0.05) is 29.9 Å². The van der Waals surface area contributed by atoms with Crippen molar-refractivity contribution in [1.29, 1.82) is 0 Å². The number of nitrogens with zero attached hydrogens (tertiary/aromatic N) is 1. The van der Waals surface area contributed by atoms with Crippen molar-refractivity contribution in [3.63, 3.8) is 0 Å². The number of carbonyl (C=O) groups is 2. The van der Waals surface area contributed by atoms with E-state index in [-0.39, 0.29) is 18.1 Å². The minimum Gasteiger partial charge on any atom is -0.342 e. The standard InChI is InChI=1S/C13H15NO2S/c15-11(10-5-1-2-6-12(10)17)9-13(16)14-7-3-4-8-14/h1-2,5H,3-4,6-9H2. The van der Waals surface area contributed by atoms with Gasteiger partial charge in [-0.3, -0.25) is 9.59 Å². The van der Waals surface area contributed by atoms with Crippen LogP contribution in [-0.4, -0.2) is 34.5 Å². The number of allylic oxidation sites excluding steroid dienone is 4. The minimum atomic E-state index is -0.142. The number of rotatable bonds is 3. The van der Waals surface area contributed by atoms with Crippen LogP contribution in [0.15, 0.2) is 23.8 Å². The monoisotopic (exact) mass is 249 g/mol. The fraction of sp³-hybridized carbons (Fsp3) is 0.462. The molecule has 1 heterocycles. The first-order valence-electron chi connectivity index (χ1n) is 5.89. The molecule has 2 aliphatic rings. The lowest BCUT2D eigenvalue weighted by Gasteiger charge is -2.15. The van der Waals surface area contributed by atoms with Gasteiger partial charge in [-0.2, -0.15) is 0 Å². The van der Waals surface area contributed by atoms with Crippen molar-refractivity contribution in [2.45, 2.75) is 25.7 Å². The highest BCUT2D eigenvalue weighted by Gasteiger charge is 2.23. The largest absolute Gasteiger partial charge is 0.342 e. The molecule has 1 amide bonds. The van der Waals surface area contributed by atoms with Gasteiger partial charge >= 0.3 is 0 Å². The normalized spacial score (nSPS) is 19.4. The number of Topliss-reactive ketones (excluding diaryl/α,β-unsaturated/α-hetero) is 1. The van der Waals surface area contributed by atoms with Crippen molar-refractivity contribution in [3.05, 3.63) is 23.8 Å². The van der Waals surface area contributed by atoms with Crippen molar-refractivity contribution >= 4 is 28.8 Å². The molecule has 0 radical (unpaired) electrons. The van der Waals surface area contributed by atoms with E-state index in [0.717, 1.165) is 25.9 Å². The molecule has 0 aromatic heterocycles. The molecule has 1 aliphatic carbocycles. The van der Waals surface area contributed by atoms with Gasteiger partial charge in [0.25, 0.3) is 0 Å². The summed E-state index contributed by atoms with van der Waals surface area (Å²) >= 11 is 5.13. The quantitative estimate of drug-likeness (QED) is 0.565. The van der Waals surface area contributed by atoms with Crippen LogP contribution in [0.4, 0.5) is 0 Å². The lowest BCUT2D eigenvalue weighted by atomic mass is 9.98. The van der Waals surface area contributed by atoms with E-state index in [1.54, 1.807) is 11.0 Å². The van der Waals surface area contributed by atoms with Crippen LogP contribution in [0.3, 0.4) is 0 Å². The Morgan fingerprint density at radius 2 is 2.00 bits per heavy atom. The van der Waals surface area contributed by atoms with E-state index in [2.05, 4.69) is 0 Å². The number of amides is 1. The minimum absolute atomic E-state index is 0.0419. The highest BCUT2D eigenvalue weighted by molar-refractivity contribution is 7.81. The van der Waals surface area contributed by atoms with Gasteiger partial charge in [0.15, 0.2) is 5.78 Å². The Kier molecular flexibility index (Phi) is 3.84. The van der Waals surface area contributed by atoms with E-state index in [4.69, 9.17) is 12.2 Å². The van der Waals surface area contributed by atoms with Gasteiger partial charge in [-0.15, -0.1) is 0 Å². The Balaban J connectivity index is 1.96. The average molecular weight is 249 g/mol. The molecule has 0 unspecified atom stereocenters. The molecule has 0 saturated carbocycles. The number of ketones is 1. The molecule has 0 aromatic carbocycles. The summed E-state index contributed by atoms with van der Waals surface area (Å²) in [5, 5.41) is 0. The first kappa shape index (κ1) is 12.2. The predicted octanol–water partition coefficient (Wildman–Crippen LogP) is 1.82. The molecule has 3 nitrogen and oxygen atoms in total. The highest BCUT2D eigenvalue weighted by Crippen LogP contribution is 2.15. The second-order valence-electron chi connectivity index (χ2n) is 4.32. The summed E-state index contributed by atoms with van der Waals surface area (Å²) in [5.74, 6) is -0.206. The molecule has 0 aromatic rings. The van der Waals surface area contributed by atoms with Crippen LogP contribution in [0.5, 0.6) is 0 Å². The fourth-order valence-corrected chi connectivity index (χ4v) is 2.38. The Morgan fingerprint density at radius 1 is 1.29 bits per heavy atom. The molecule has 1 saturated heterocycles. The van der Waals surface area contributed by atoms with Crippen LogP contribution in [-0.2, 0) is 9.59 Å². The Labute approximate surface area is 106 Å². The molecular formula is C13H15NO2S. The summed E-state index contributed by atoms with van der Waals surface area (Å²) in [6.45, 7) is 1.57. The zero-order chi connectivity index (χ0) is 12.3. The van der Waals surface area contributed by atoms with Crippen LogP contribution >= 0.6 is 12.2 Å². The molecule has 2 rings (SSSR count). The van der Waals surface area contributed by atoms with Crippen molar-refractivity contribution < 1.29 is 9.59 Å². The molecular weight excluding hydrogens is 234 g/mol. The van der Waals surface area contributed by atoms with E-state index >= 15 is 0 Å². The zero-order valence-corrected chi connectivity index (χ0v) is 10.5. The number of likely N-dealkylation sites (tertiary alicyclic amines) is 1. The Bertz CT molecular complexity index is 417. The summed E-state index contributed by atoms with van der Waals surface area (Å²) in [7, 11) is 0. The molecule has 1 aliphatic heterocycles. The van der Waals surface area contributed by atoms with E-state index in [0.29, 0.717) is 16.9 Å². The third-order valence-electron chi connectivity index (χ3n) is 3.07. The third-order valence-corrected chi connectivity index (χ3v) is 3.46. The molecule has 0 spiro atoms. The van der Waals surface area contributed by atoms with Crippen molar-refractivity contribution in [2.75, 3.05) is 13.1 Å². The van der Waals surface area contributed by atoms with Crippen LogP contribution in [0.2, 0.25) is 0 Å². The summed E-state index contributed by atoms with van der Waals surface area (Å²) < 4.78 is 0. The van der Waals surface area contributed by atoms with E-state index in [1.165, 1.54) is 0 Å². The van der Waals surface area contributed by atoms with Crippen LogP contribution in [0, 0.1) is 0 Å². The van der Waals surface area contributed by atoms with Crippen molar-refractivity contribution in [3.8, 4) is 0 Å². The van der Waals surface area contributed by atoms with Gasteiger partial charge in [0.05, 0.1) is 6.42 Å². The second-order valence-corrected chi connectivity index (χ2v) is 4.82. The molecule has 90 valence electrons. The van der Waals surface area contributed by atoms with Crippen LogP contribution < -0.4 is 0 Å². The van der Waals surface area contributed by atoms with E-state index in [1.807, 2.05) is 12.2 Å².